The molecule has 0 spiro atoms. The van der Waals surface area contributed by atoms with E-state index in [2.05, 4.69) is 39.2 Å². The van der Waals surface area contributed by atoms with Crippen molar-refractivity contribution in [2.24, 2.45) is 0 Å². The fourth-order valence-corrected chi connectivity index (χ4v) is 5.65. The molecule has 0 aliphatic carbocycles. The Morgan fingerprint density at radius 1 is 0.720 bits per heavy atom. The summed E-state index contributed by atoms with van der Waals surface area (Å²) in [6.07, 6.45) is 5.77. The molecular formula is C41H43N3O5S. The van der Waals surface area contributed by atoms with E-state index in [-0.39, 0.29) is 0 Å². The molecule has 7 rings (SSSR count). The Hall–Kier alpha value is -5.67. The van der Waals surface area contributed by atoms with Crippen LogP contribution in [-0.4, -0.2) is 35.0 Å². The molecule has 0 unspecified atom stereocenters. The predicted octanol–water partition coefficient (Wildman–Crippen LogP) is 9.11. The van der Waals surface area contributed by atoms with Gasteiger partial charge < -0.3 is 35.1 Å². The van der Waals surface area contributed by atoms with Gasteiger partial charge >= 0.3 is 0 Å². The first-order chi connectivity index (χ1) is 24.6. The summed E-state index contributed by atoms with van der Waals surface area (Å²) in [5.41, 5.74) is 5.32. The maximum Gasteiger partial charge on any atom is 0.163 e. The minimum Gasteiger partial charge on any atom is -0.508 e. The highest BCUT2D eigenvalue weighted by atomic mass is 32.1. The van der Waals surface area contributed by atoms with Crippen LogP contribution in [0.4, 0.5) is 11.4 Å². The largest absolute Gasteiger partial charge is 0.508 e. The molecule has 0 saturated carbocycles. The number of aromatic nitrogens is 1. The van der Waals surface area contributed by atoms with Crippen LogP contribution in [0.1, 0.15) is 28.5 Å². The van der Waals surface area contributed by atoms with Crippen molar-refractivity contribution in [3.05, 3.63) is 155 Å². The van der Waals surface area contributed by atoms with Crippen LogP contribution in [0.2, 0.25) is 0 Å². The number of thiophene rings is 1. The average molecular weight is 690 g/mol. The third-order valence-electron chi connectivity index (χ3n) is 7.58. The van der Waals surface area contributed by atoms with Gasteiger partial charge in [0.1, 0.15) is 30.5 Å². The molecule has 1 aliphatic rings. The molecular weight excluding hydrogens is 647 g/mol. The van der Waals surface area contributed by atoms with Gasteiger partial charge in [0.15, 0.2) is 11.5 Å². The predicted molar refractivity (Wildman–Crippen MR) is 202 cm³/mol. The molecule has 50 heavy (non-hydrogen) atoms. The molecule has 0 saturated heterocycles. The van der Waals surface area contributed by atoms with Crippen LogP contribution in [0.15, 0.2) is 133 Å². The Morgan fingerprint density at radius 3 is 2.20 bits per heavy atom. The highest BCUT2D eigenvalue weighted by molar-refractivity contribution is 7.09. The van der Waals surface area contributed by atoms with Gasteiger partial charge in [0.05, 0.1) is 6.61 Å². The van der Waals surface area contributed by atoms with Crippen LogP contribution in [0.5, 0.6) is 28.7 Å². The molecule has 6 aromatic rings. The topological polar surface area (TPSA) is 105 Å². The monoisotopic (exact) mass is 689 g/mol. The first-order valence-corrected chi connectivity index (χ1v) is 17.5. The van der Waals surface area contributed by atoms with E-state index in [9.17, 15) is 5.11 Å². The Kier molecular flexibility index (Phi) is 13.8. The number of hydrogen-bond donors (Lipinski definition) is 4. The average Bonchev–Trinajstić information content (AvgIpc) is 3.69. The molecule has 0 bridgehead atoms. The van der Waals surface area contributed by atoms with Crippen LogP contribution in [0.25, 0.3) is 0 Å². The van der Waals surface area contributed by atoms with Crippen molar-refractivity contribution >= 4 is 22.7 Å². The van der Waals surface area contributed by atoms with E-state index in [1.165, 1.54) is 16.0 Å². The second-order valence-corrected chi connectivity index (χ2v) is 12.3. The lowest BCUT2D eigenvalue weighted by molar-refractivity contribution is 0.171. The van der Waals surface area contributed by atoms with E-state index >= 15 is 0 Å². The Labute approximate surface area is 298 Å². The number of para-hydroxylation sites is 1. The number of aryl methyl sites for hydroxylation is 2. The van der Waals surface area contributed by atoms with Crippen LogP contribution in [0.3, 0.4) is 0 Å². The summed E-state index contributed by atoms with van der Waals surface area (Å²) >= 11 is 1.80. The number of pyridine rings is 1. The van der Waals surface area contributed by atoms with Crippen molar-refractivity contribution in [1.82, 2.24) is 4.98 Å². The van der Waals surface area contributed by atoms with Crippen LogP contribution in [0, 0.1) is 0 Å². The van der Waals surface area contributed by atoms with Gasteiger partial charge in [-0.1, -0.05) is 42.5 Å². The van der Waals surface area contributed by atoms with E-state index < -0.39 is 0 Å². The summed E-state index contributed by atoms with van der Waals surface area (Å²) in [6, 6.07) is 36.6. The van der Waals surface area contributed by atoms with E-state index in [4.69, 9.17) is 19.3 Å². The van der Waals surface area contributed by atoms with Gasteiger partial charge in [-0.05, 0) is 103 Å². The number of aromatic hydroxyl groups is 2. The number of nitrogens with one attached hydrogen (secondary N) is 2. The minimum atomic E-state index is 0.299. The van der Waals surface area contributed by atoms with Crippen molar-refractivity contribution < 1.29 is 24.4 Å². The molecule has 1 aliphatic heterocycles. The SMILES string of the molecule is CCOc1ccc(NCc2cccnc2)cc1.Oc1ccc(CCc2cccs2)cc1.Oc1ccccc1CNc1ccc2c(c1)OCCO2. The zero-order valence-electron chi connectivity index (χ0n) is 28.1. The molecule has 4 aromatic carbocycles. The summed E-state index contributed by atoms with van der Waals surface area (Å²) < 4.78 is 16.4. The van der Waals surface area contributed by atoms with E-state index in [1.54, 1.807) is 35.7 Å². The lowest BCUT2D eigenvalue weighted by Gasteiger charge is -2.19. The smallest absolute Gasteiger partial charge is 0.163 e. The molecule has 2 aromatic heterocycles. The molecule has 0 fully saturated rings. The highest BCUT2D eigenvalue weighted by Gasteiger charge is 2.11. The quantitative estimate of drug-likeness (QED) is 0.107. The molecule has 258 valence electrons. The summed E-state index contributed by atoms with van der Waals surface area (Å²) in [5.74, 6) is 3.07. The third-order valence-corrected chi connectivity index (χ3v) is 8.51. The second-order valence-electron chi connectivity index (χ2n) is 11.3. The summed E-state index contributed by atoms with van der Waals surface area (Å²) in [7, 11) is 0. The van der Waals surface area contributed by atoms with Crippen molar-refractivity contribution in [1.29, 1.82) is 0 Å². The number of ether oxygens (including phenoxy) is 3. The Morgan fingerprint density at radius 2 is 1.48 bits per heavy atom. The van der Waals surface area contributed by atoms with Gasteiger partial charge in [0.25, 0.3) is 0 Å². The summed E-state index contributed by atoms with van der Waals surface area (Å²) in [6.45, 7) is 5.19. The van der Waals surface area contributed by atoms with Gasteiger partial charge in [-0.15, -0.1) is 11.3 Å². The fourth-order valence-electron chi connectivity index (χ4n) is 4.94. The number of rotatable bonds is 11. The van der Waals surface area contributed by atoms with Gasteiger partial charge in [-0.25, -0.2) is 0 Å². The molecule has 3 heterocycles. The zero-order valence-corrected chi connectivity index (χ0v) is 28.9. The zero-order chi connectivity index (χ0) is 34.8. The summed E-state index contributed by atoms with van der Waals surface area (Å²) in [5, 5.41) is 27.5. The first kappa shape index (κ1) is 35.6. The van der Waals surface area contributed by atoms with Crippen molar-refractivity contribution in [3.63, 3.8) is 0 Å². The third kappa shape index (κ3) is 11.8. The first-order valence-electron chi connectivity index (χ1n) is 16.6. The van der Waals surface area contributed by atoms with E-state index in [1.807, 2.05) is 92.0 Å². The highest BCUT2D eigenvalue weighted by Crippen LogP contribution is 2.33. The normalized spacial score (nSPS) is 11.2. The van der Waals surface area contributed by atoms with Crippen LogP contribution in [-0.2, 0) is 25.9 Å². The second kappa shape index (κ2) is 19.4. The van der Waals surface area contributed by atoms with Crippen LogP contribution >= 0.6 is 11.3 Å². The number of phenols is 2. The molecule has 9 heteroatoms. The molecule has 0 radical (unpaired) electrons. The van der Waals surface area contributed by atoms with Gasteiger partial charge in [-0.3, -0.25) is 4.98 Å². The Balaban J connectivity index is 0.000000148. The molecule has 8 nitrogen and oxygen atoms in total. The van der Waals surface area contributed by atoms with Crippen molar-refractivity contribution in [2.45, 2.75) is 32.9 Å². The maximum atomic E-state index is 9.70. The lowest BCUT2D eigenvalue weighted by atomic mass is 10.1. The molecule has 0 atom stereocenters. The number of hydrogen-bond acceptors (Lipinski definition) is 9. The van der Waals surface area contributed by atoms with Crippen molar-refractivity contribution in [2.75, 3.05) is 30.5 Å². The molecule has 0 amide bonds. The standard InChI is InChI=1S/C15H15NO3.C14H16N2O.C12H12OS/c17-13-4-2-1-3-11(13)10-16-12-5-6-14-15(9-12)19-8-7-18-14;1-2-17-14-7-5-13(6-8-14)16-11-12-4-3-9-15-10-12;13-11-6-3-10(4-7-11)5-8-12-2-1-9-14-12/h1-6,9,16-17H,7-8,10H2;3-10,16H,2,11H2,1H3;1-4,6-7,9,13H,5,8H2. The minimum absolute atomic E-state index is 0.299. The summed E-state index contributed by atoms with van der Waals surface area (Å²) in [4.78, 5) is 5.49. The van der Waals surface area contributed by atoms with Crippen molar-refractivity contribution in [3.8, 4) is 28.7 Å². The van der Waals surface area contributed by atoms with Crippen LogP contribution < -0.4 is 24.8 Å². The van der Waals surface area contributed by atoms with E-state index in [0.717, 1.165) is 53.6 Å². The number of benzene rings is 4. The fraction of sp³-hybridized carbons (Fsp3) is 0.195. The maximum absolute atomic E-state index is 9.70. The number of anilines is 2. The van der Waals surface area contributed by atoms with Gasteiger partial charge in [-0.2, -0.15) is 0 Å². The van der Waals surface area contributed by atoms with Gasteiger partial charge in [0.2, 0.25) is 0 Å². The number of phenolic OH excluding ortho intramolecular Hbond substituents is 2. The number of fused-ring (bicyclic) bond motifs is 1. The van der Waals surface area contributed by atoms with E-state index in [0.29, 0.717) is 37.9 Å². The Bertz CT molecular complexity index is 1830. The van der Waals surface area contributed by atoms with Gasteiger partial charge in [0, 0.05) is 53.4 Å². The number of nitrogens with zero attached hydrogens (tertiary/aromatic N) is 1. The lowest BCUT2D eigenvalue weighted by Crippen LogP contribution is -2.15. The molecule has 4 N–H and O–H groups in total.